The first-order valence-electron chi connectivity index (χ1n) is 5.62. The van der Waals surface area contributed by atoms with E-state index in [1.165, 1.54) is 30.6 Å². The highest BCUT2D eigenvalue weighted by molar-refractivity contribution is 5.37. The molecule has 1 aromatic carbocycles. The molecule has 0 spiro atoms. The predicted molar refractivity (Wildman–Crippen MR) is 65.5 cm³/mol. The van der Waals surface area contributed by atoms with Crippen molar-refractivity contribution in [3.63, 3.8) is 0 Å². The molecule has 0 aliphatic heterocycles. The average molecular weight is 278 g/mol. The number of rotatable bonds is 3. The summed E-state index contributed by atoms with van der Waals surface area (Å²) in [7, 11) is 0. The third-order valence-corrected chi connectivity index (χ3v) is 2.55. The Labute approximate surface area is 112 Å². The number of aromatic nitrogens is 2. The van der Waals surface area contributed by atoms with Crippen molar-refractivity contribution in [2.75, 3.05) is 5.32 Å². The summed E-state index contributed by atoms with van der Waals surface area (Å²) >= 11 is 0. The van der Waals surface area contributed by atoms with Crippen LogP contribution in [0.5, 0.6) is 0 Å². The molecule has 0 unspecified atom stereocenters. The summed E-state index contributed by atoms with van der Waals surface area (Å²) in [5.41, 5.74) is -0.425. The molecule has 0 radical (unpaired) electrons. The summed E-state index contributed by atoms with van der Waals surface area (Å²) < 4.78 is 38.3. The lowest BCUT2D eigenvalue weighted by molar-refractivity contribution is -0.138. The molecule has 0 amide bonds. The van der Waals surface area contributed by atoms with E-state index in [-0.39, 0.29) is 17.8 Å². The molecule has 0 aliphatic carbocycles. The molecule has 0 fully saturated rings. The molecule has 0 saturated heterocycles. The highest BCUT2D eigenvalue weighted by atomic mass is 19.4. The largest absolute Gasteiger partial charge is 0.416 e. The molecule has 0 saturated carbocycles. The predicted octanol–water partition coefficient (Wildman–Crippen LogP) is 2.98. The lowest BCUT2D eigenvalue weighted by Gasteiger charge is -2.13. The number of benzene rings is 1. The van der Waals surface area contributed by atoms with Crippen LogP contribution in [0.3, 0.4) is 0 Å². The molecule has 1 aromatic heterocycles. The van der Waals surface area contributed by atoms with Crippen LogP contribution in [-0.4, -0.2) is 9.97 Å². The Morgan fingerprint density at radius 2 is 1.90 bits per heavy atom. The van der Waals surface area contributed by atoms with E-state index in [0.717, 1.165) is 6.07 Å². The van der Waals surface area contributed by atoms with E-state index in [4.69, 9.17) is 5.26 Å². The molecular formula is C13H9F3N4. The van der Waals surface area contributed by atoms with Gasteiger partial charge in [0.2, 0.25) is 0 Å². The molecule has 2 rings (SSSR count). The van der Waals surface area contributed by atoms with Crippen molar-refractivity contribution in [3.8, 4) is 6.07 Å². The van der Waals surface area contributed by atoms with Crippen LogP contribution in [-0.2, 0) is 12.7 Å². The van der Waals surface area contributed by atoms with Crippen molar-refractivity contribution in [3.05, 3.63) is 53.5 Å². The molecule has 1 heterocycles. The van der Waals surface area contributed by atoms with E-state index in [2.05, 4.69) is 15.3 Å². The lowest BCUT2D eigenvalue weighted by Crippen LogP contribution is -2.12. The number of nitrogens with zero attached hydrogens (tertiary/aromatic N) is 3. The second-order valence-corrected chi connectivity index (χ2v) is 3.91. The maximum absolute atomic E-state index is 12.8. The topological polar surface area (TPSA) is 61.6 Å². The number of nitriles is 1. The maximum atomic E-state index is 12.8. The average Bonchev–Trinajstić information content (AvgIpc) is 2.45. The van der Waals surface area contributed by atoms with Crippen LogP contribution in [0, 0.1) is 11.3 Å². The van der Waals surface area contributed by atoms with Gasteiger partial charge in [0.15, 0.2) is 5.69 Å². The van der Waals surface area contributed by atoms with Crippen LogP contribution in [0.2, 0.25) is 0 Å². The second kappa shape index (κ2) is 5.57. The van der Waals surface area contributed by atoms with Crippen molar-refractivity contribution < 1.29 is 13.2 Å². The summed E-state index contributed by atoms with van der Waals surface area (Å²) in [6, 6.07) is 7.11. The first kappa shape index (κ1) is 13.8. The van der Waals surface area contributed by atoms with Gasteiger partial charge in [0, 0.05) is 6.54 Å². The van der Waals surface area contributed by atoms with Crippen LogP contribution in [0.1, 0.15) is 16.8 Å². The lowest BCUT2D eigenvalue weighted by atomic mass is 10.1. The van der Waals surface area contributed by atoms with E-state index in [1.807, 2.05) is 0 Å². The van der Waals surface area contributed by atoms with Gasteiger partial charge in [-0.25, -0.2) is 9.97 Å². The fraction of sp³-hybridized carbons (Fsp3) is 0.154. The van der Waals surface area contributed by atoms with E-state index in [1.54, 1.807) is 6.07 Å². The Morgan fingerprint density at radius 3 is 2.50 bits per heavy atom. The van der Waals surface area contributed by atoms with Crippen molar-refractivity contribution >= 4 is 5.82 Å². The first-order valence-corrected chi connectivity index (χ1v) is 5.62. The van der Waals surface area contributed by atoms with Crippen LogP contribution >= 0.6 is 0 Å². The van der Waals surface area contributed by atoms with Crippen LogP contribution in [0.25, 0.3) is 0 Å². The normalized spacial score (nSPS) is 10.9. The summed E-state index contributed by atoms with van der Waals surface area (Å²) in [5, 5.41) is 11.3. The Kier molecular flexibility index (Phi) is 3.84. The summed E-state index contributed by atoms with van der Waals surface area (Å²) in [4.78, 5) is 7.65. The van der Waals surface area contributed by atoms with Gasteiger partial charge in [-0.1, -0.05) is 18.2 Å². The summed E-state index contributed by atoms with van der Waals surface area (Å²) in [6.45, 7) is -0.0315. The zero-order valence-electron chi connectivity index (χ0n) is 10.1. The molecule has 0 bridgehead atoms. The molecule has 1 N–H and O–H groups in total. The minimum atomic E-state index is -4.39. The zero-order chi connectivity index (χ0) is 14.6. The minimum absolute atomic E-state index is 0.0315. The summed E-state index contributed by atoms with van der Waals surface area (Å²) in [5.74, 6) is 0.306. The van der Waals surface area contributed by atoms with Gasteiger partial charge in [0.1, 0.15) is 11.9 Å². The maximum Gasteiger partial charge on any atom is 0.416 e. The van der Waals surface area contributed by atoms with Crippen molar-refractivity contribution in [1.82, 2.24) is 9.97 Å². The second-order valence-electron chi connectivity index (χ2n) is 3.91. The Morgan fingerprint density at radius 1 is 1.15 bits per heavy atom. The number of alkyl halides is 3. The SMILES string of the molecule is N#Cc1cnc(NCc2ccccc2C(F)(F)F)cn1. The number of nitrogens with one attached hydrogen (secondary N) is 1. The van der Waals surface area contributed by atoms with Crippen molar-refractivity contribution in [2.45, 2.75) is 12.7 Å². The highest BCUT2D eigenvalue weighted by Crippen LogP contribution is 2.31. The van der Waals surface area contributed by atoms with Gasteiger partial charge < -0.3 is 5.32 Å². The number of anilines is 1. The van der Waals surface area contributed by atoms with E-state index >= 15 is 0 Å². The third-order valence-electron chi connectivity index (χ3n) is 2.55. The Balaban J connectivity index is 2.13. The standard InChI is InChI=1S/C13H9F3N4/c14-13(15,16)11-4-2-1-3-9(11)6-19-12-8-18-10(5-17)7-20-12/h1-4,7-8H,6H2,(H,19,20). The van der Waals surface area contributed by atoms with Gasteiger partial charge >= 0.3 is 6.18 Å². The van der Waals surface area contributed by atoms with Crippen LogP contribution in [0.4, 0.5) is 19.0 Å². The van der Waals surface area contributed by atoms with Crippen molar-refractivity contribution in [2.24, 2.45) is 0 Å². The molecule has 4 nitrogen and oxygen atoms in total. The van der Waals surface area contributed by atoms with Gasteiger partial charge in [-0.3, -0.25) is 0 Å². The third kappa shape index (κ3) is 3.23. The molecule has 20 heavy (non-hydrogen) atoms. The van der Waals surface area contributed by atoms with Gasteiger partial charge in [-0.05, 0) is 11.6 Å². The van der Waals surface area contributed by atoms with Crippen LogP contribution < -0.4 is 5.32 Å². The Hall–Kier alpha value is -2.62. The number of hydrogen-bond acceptors (Lipinski definition) is 4. The fourth-order valence-electron chi connectivity index (χ4n) is 1.61. The van der Waals surface area contributed by atoms with Crippen LogP contribution in [0.15, 0.2) is 36.7 Å². The smallest absolute Gasteiger partial charge is 0.365 e. The molecule has 0 aliphatic rings. The quantitative estimate of drug-likeness (QED) is 0.937. The molecule has 0 atom stereocenters. The van der Waals surface area contributed by atoms with E-state index in [9.17, 15) is 13.2 Å². The monoisotopic (exact) mass is 278 g/mol. The summed E-state index contributed by atoms with van der Waals surface area (Å²) in [6.07, 6.45) is -1.85. The van der Waals surface area contributed by atoms with Gasteiger partial charge in [0.25, 0.3) is 0 Å². The first-order chi connectivity index (χ1) is 9.50. The Bertz CT molecular complexity index is 629. The molecular weight excluding hydrogens is 269 g/mol. The van der Waals surface area contributed by atoms with Gasteiger partial charge in [-0.15, -0.1) is 0 Å². The van der Waals surface area contributed by atoms with Gasteiger partial charge in [0.05, 0.1) is 18.0 Å². The van der Waals surface area contributed by atoms with Crippen molar-refractivity contribution in [1.29, 1.82) is 5.26 Å². The molecule has 102 valence electrons. The molecule has 7 heteroatoms. The fourth-order valence-corrected chi connectivity index (χ4v) is 1.61. The zero-order valence-corrected chi connectivity index (χ0v) is 10.1. The number of halogens is 3. The number of hydrogen-bond donors (Lipinski definition) is 1. The van der Waals surface area contributed by atoms with E-state index in [0.29, 0.717) is 5.82 Å². The highest BCUT2D eigenvalue weighted by Gasteiger charge is 2.32. The van der Waals surface area contributed by atoms with Gasteiger partial charge in [-0.2, -0.15) is 18.4 Å². The molecule has 2 aromatic rings. The van der Waals surface area contributed by atoms with E-state index < -0.39 is 11.7 Å². The minimum Gasteiger partial charge on any atom is -0.365 e.